The van der Waals surface area contributed by atoms with Gasteiger partial charge in [0.2, 0.25) is 11.7 Å². The third kappa shape index (κ3) is 4.55. The Bertz CT molecular complexity index is 865. The second-order valence-corrected chi connectivity index (χ2v) is 5.48. The first-order valence-electron chi connectivity index (χ1n) is 8.27. The van der Waals surface area contributed by atoms with E-state index in [9.17, 15) is 0 Å². The van der Waals surface area contributed by atoms with E-state index in [2.05, 4.69) is 25.6 Å². The number of nitrogens with zero attached hydrogens (tertiary/aromatic N) is 3. The van der Waals surface area contributed by atoms with Gasteiger partial charge in [0.1, 0.15) is 5.82 Å². The molecule has 0 aliphatic carbocycles. The molecule has 2 aromatic heterocycles. The number of aromatic nitrogens is 3. The highest BCUT2D eigenvalue weighted by atomic mass is 16.5. The first-order chi connectivity index (χ1) is 13.2. The zero-order chi connectivity index (χ0) is 19.1. The zero-order valence-corrected chi connectivity index (χ0v) is 15.4. The quantitative estimate of drug-likeness (QED) is 0.627. The average Bonchev–Trinajstić information content (AvgIpc) is 2.72. The molecular formula is C19H21N5O3. The predicted molar refractivity (Wildman–Crippen MR) is 103 cm³/mol. The fraction of sp³-hybridized carbons (Fsp3) is 0.211. The van der Waals surface area contributed by atoms with Crippen LogP contribution in [0.1, 0.15) is 5.69 Å². The Morgan fingerprint density at radius 3 is 2.30 bits per heavy atom. The van der Waals surface area contributed by atoms with Crippen molar-refractivity contribution in [3.8, 4) is 17.2 Å². The van der Waals surface area contributed by atoms with Gasteiger partial charge in [-0.2, -0.15) is 4.98 Å². The van der Waals surface area contributed by atoms with Gasteiger partial charge in [-0.05, 0) is 18.2 Å². The van der Waals surface area contributed by atoms with Gasteiger partial charge in [-0.25, -0.2) is 4.98 Å². The number of benzene rings is 1. The van der Waals surface area contributed by atoms with E-state index in [1.165, 1.54) is 0 Å². The van der Waals surface area contributed by atoms with Crippen LogP contribution in [0.4, 0.5) is 17.5 Å². The van der Waals surface area contributed by atoms with Gasteiger partial charge in [-0.15, -0.1) is 0 Å². The number of hydrogen-bond acceptors (Lipinski definition) is 8. The lowest BCUT2D eigenvalue weighted by molar-refractivity contribution is 0.324. The van der Waals surface area contributed by atoms with E-state index in [4.69, 9.17) is 14.2 Å². The van der Waals surface area contributed by atoms with Crippen LogP contribution in [0.5, 0.6) is 17.2 Å². The Balaban J connectivity index is 1.76. The third-order valence-electron chi connectivity index (χ3n) is 3.75. The summed E-state index contributed by atoms with van der Waals surface area (Å²) in [5.74, 6) is 2.74. The van der Waals surface area contributed by atoms with E-state index in [0.717, 1.165) is 5.69 Å². The molecule has 8 heteroatoms. The molecule has 0 aliphatic rings. The summed E-state index contributed by atoms with van der Waals surface area (Å²) in [5.41, 5.74) is 1.64. The second kappa shape index (κ2) is 8.70. The highest BCUT2D eigenvalue weighted by Crippen LogP contribution is 2.40. The minimum atomic E-state index is 0.440. The van der Waals surface area contributed by atoms with Crippen LogP contribution in [0.15, 0.2) is 48.8 Å². The molecule has 1 aromatic carbocycles. The molecule has 2 heterocycles. The van der Waals surface area contributed by atoms with E-state index >= 15 is 0 Å². The average molecular weight is 367 g/mol. The van der Waals surface area contributed by atoms with Crippen LogP contribution >= 0.6 is 0 Å². The van der Waals surface area contributed by atoms with Gasteiger partial charge in [0.25, 0.3) is 0 Å². The van der Waals surface area contributed by atoms with Crippen molar-refractivity contribution >= 4 is 17.5 Å². The van der Waals surface area contributed by atoms with E-state index < -0.39 is 0 Å². The van der Waals surface area contributed by atoms with Crippen molar-refractivity contribution in [1.29, 1.82) is 0 Å². The van der Waals surface area contributed by atoms with Crippen LogP contribution in [-0.2, 0) is 6.54 Å². The van der Waals surface area contributed by atoms with Crippen LogP contribution in [0.3, 0.4) is 0 Å². The molecule has 140 valence electrons. The third-order valence-corrected chi connectivity index (χ3v) is 3.75. The lowest BCUT2D eigenvalue weighted by Gasteiger charge is -2.14. The van der Waals surface area contributed by atoms with Gasteiger partial charge < -0.3 is 24.8 Å². The van der Waals surface area contributed by atoms with Crippen molar-refractivity contribution in [3.63, 3.8) is 0 Å². The SMILES string of the molecule is COc1cc(Nc2nccc(NCc3ccccn3)n2)cc(OC)c1OC. The van der Waals surface area contributed by atoms with Gasteiger partial charge >= 0.3 is 0 Å². The Kier molecular flexibility index (Phi) is 5.88. The van der Waals surface area contributed by atoms with Crippen molar-refractivity contribution < 1.29 is 14.2 Å². The van der Waals surface area contributed by atoms with E-state index in [-0.39, 0.29) is 0 Å². The molecule has 0 spiro atoms. The van der Waals surface area contributed by atoms with Gasteiger partial charge in [0, 0.05) is 30.2 Å². The Hall–Kier alpha value is -3.55. The highest BCUT2D eigenvalue weighted by molar-refractivity contribution is 5.66. The van der Waals surface area contributed by atoms with Crippen molar-refractivity contribution in [2.24, 2.45) is 0 Å². The molecule has 3 aromatic rings. The molecule has 2 N–H and O–H groups in total. The summed E-state index contributed by atoms with van der Waals surface area (Å²) in [5, 5.41) is 6.38. The first-order valence-corrected chi connectivity index (χ1v) is 8.27. The zero-order valence-electron chi connectivity index (χ0n) is 15.4. The van der Waals surface area contributed by atoms with Gasteiger partial charge in [0.15, 0.2) is 11.5 Å². The van der Waals surface area contributed by atoms with Crippen molar-refractivity contribution in [1.82, 2.24) is 15.0 Å². The summed E-state index contributed by atoms with van der Waals surface area (Å²) in [4.78, 5) is 13.0. The first kappa shape index (κ1) is 18.2. The lowest BCUT2D eigenvalue weighted by atomic mass is 10.2. The normalized spacial score (nSPS) is 10.2. The fourth-order valence-electron chi connectivity index (χ4n) is 2.48. The molecular weight excluding hydrogens is 346 g/mol. The summed E-state index contributed by atoms with van der Waals surface area (Å²) in [7, 11) is 4.70. The smallest absolute Gasteiger partial charge is 0.229 e. The number of pyridine rings is 1. The largest absolute Gasteiger partial charge is 0.493 e. The van der Waals surface area contributed by atoms with Crippen LogP contribution in [0.2, 0.25) is 0 Å². The molecule has 27 heavy (non-hydrogen) atoms. The Morgan fingerprint density at radius 1 is 0.889 bits per heavy atom. The van der Waals surface area contributed by atoms with Crippen molar-refractivity contribution in [2.75, 3.05) is 32.0 Å². The maximum Gasteiger partial charge on any atom is 0.229 e. The predicted octanol–water partition coefficient (Wildman–Crippen LogP) is 3.25. The summed E-state index contributed by atoms with van der Waals surface area (Å²) in [6.45, 7) is 0.571. The molecule has 0 aliphatic heterocycles. The number of nitrogens with one attached hydrogen (secondary N) is 2. The summed E-state index contributed by atoms with van der Waals surface area (Å²) in [6.07, 6.45) is 3.43. The molecule has 8 nitrogen and oxygen atoms in total. The van der Waals surface area contributed by atoms with Gasteiger partial charge in [-0.1, -0.05) is 6.07 Å². The molecule has 0 amide bonds. The van der Waals surface area contributed by atoms with Crippen LogP contribution in [0, 0.1) is 0 Å². The van der Waals surface area contributed by atoms with Crippen LogP contribution in [-0.4, -0.2) is 36.3 Å². The van der Waals surface area contributed by atoms with Crippen LogP contribution in [0.25, 0.3) is 0 Å². The van der Waals surface area contributed by atoms with Gasteiger partial charge in [0.05, 0.1) is 33.6 Å². The molecule has 0 saturated heterocycles. The molecule has 0 bridgehead atoms. The summed E-state index contributed by atoms with van der Waals surface area (Å²) in [6, 6.07) is 11.2. The van der Waals surface area contributed by atoms with E-state index in [1.54, 1.807) is 51.9 Å². The maximum absolute atomic E-state index is 5.36. The fourth-order valence-corrected chi connectivity index (χ4v) is 2.48. The second-order valence-electron chi connectivity index (χ2n) is 5.48. The lowest BCUT2D eigenvalue weighted by Crippen LogP contribution is -2.05. The van der Waals surface area contributed by atoms with Gasteiger partial charge in [-0.3, -0.25) is 4.98 Å². The molecule has 0 fully saturated rings. The van der Waals surface area contributed by atoms with Crippen LogP contribution < -0.4 is 24.8 Å². The molecule has 0 unspecified atom stereocenters. The monoisotopic (exact) mass is 367 g/mol. The Labute approximate surface area is 157 Å². The van der Waals surface area contributed by atoms with E-state index in [0.29, 0.717) is 41.2 Å². The molecule has 3 rings (SSSR count). The summed E-state index contributed by atoms with van der Waals surface area (Å²) < 4.78 is 16.1. The molecule has 0 atom stereocenters. The number of methoxy groups -OCH3 is 3. The van der Waals surface area contributed by atoms with Crippen molar-refractivity contribution in [2.45, 2.75) is 6.54 Å². The topological polar surface area (TPSA) is 90.4 Å². The summed E-state index contributed by atoms with van der Waals surface area (Å²) >= 11 is 0. The number of anilines is 3. The number of rotatable bonds is 8. The molecule has 0 saturated carbocycles. The number of ether oxygens (including phenoxy) is 3. The Morgan fingerprint density at radius 2 is 1.67 bits per heavy atom. The minimum absolute atomic E-state index is 0.440. The number of hydrogen-bond donors (Lipinski definition) is 2. The standard InChI is InChI=1S/C19H21N5O3/c1-25-15-10-14(11-16(26-2)18(15)27-3)23-19-21-9-7-17(24-19)22-12-13-6-4-5-8-20-13/h4-11H,12H2,1-3H3,(H2,21,22,23,24). The molecule has 0 radical (unpaired) electrons. The van der Waals surface area contributed by atoms with Crippen molar-refractivity contribution in [3.05, 3.63) is 54.5 Å². The maximum atomic E-state index is 5.36. The highest BCUT2D eigenvalue weighted by Gasteiger charge is 2.13. The minimum Gasteiger partial charge on any atom is -0.493 e. The van der Waals surface area contributed by atoms with E-state index in [1.807, 2.05) is 18.2 Å².